The largest absolute Gasteiger partial charge is 0.394 e. The molecule has 2 unspecified atom stereocenters. The Balaban J connectivity index is 2.32. The number of hydrogen-bond donors (Lipinski definition) is 1. The Kier molecular flexibility index (Phi) is 4.19. The molecule has 1 N–H and O–H groups in total. The molecule has 0 aromatic carbocycles. The highest BCUT2D eigenvalue weighted by atomic mass is 16.3. The van der Waals surface area contributed by atoms with E-state index in [0.717, 1.165) is 31.4 Å². The van der Waals surface area contributed by atoms with Gasteiger partial charge >= 0.3 is 0 Å². The van der Waals surface area contributed by atoms with E-state index in [2.05, 4.69) is 5.10 Å². The van der Waals surface area contributed by atoms with Gasteiger partial charge in [0.25, 0.3) is 5.91 Å². The summed E-state index contributed by atoms with van der Waals surface area (Å²) in [6, 6.07) is 0. The van der Waals surface area contributed by atoms with E-state index in [-0.39, 0.29) is 30.9 Å². The topological polar surface area (TPSA) is 73.2 Å². The predicted molar refractivity (Wildman–Crippen MR) is 70.4 cm³/mol. The van der Waals surface area contributed by atoms with E-state index in [9.17, 15) is 9.59 Å². The Morgan fingerprint density at radius 2 is 2.21 bits per heavy atom. The van der Waals surface area contributed by atoms with E-state index in [1.807, 2.05) is 0 Å². The van der Waals surface area contributed by atoms with Crippen LogP contribution in [0.4, 0.5) is 0 Å². The molecule has 1 fully saturated rings. The molecule has 1 aliphatic carbocycles. The predicted octanol–water partition coefficient (Wildman–Crippen LogP) is 0.0715. The molecule has 106 valence electrons. The number of hydrogen-bond acceptors (Lipinski definition) is 4. The van der Waals surface area contributed by atoms with Crippen LogP contribution in [0.5, 0.6) is 0 Å². The van der Waals surface area contributed by atoms with Crippen LogP contribution in [0.1, 0.15) is 25.7 Å². The van der Waals surface area contributed by atoms with Crippen LogP contribution in [-0.4, -0.2) is 59.8 Å². The summed E-state index contributed by atoms with van der Waals surface area (Å²) < 4.78 is 0. The standard InChI is InChI=1S/C13H21N3O3/c1-15(2)12(18)11-9-5-3-4-6-10(9)14-16(7-8-17)13(11)19/h9,11,17H,3-8H2,1-2H3. The van der Waals surface area contributed by atoms with Crippen molar-refractivity contribution in [3.05, 3.63) is 0 Å². The molecule has 1 saturated carbocycles. The molecule has 6 nitrogen and oxygen atoms in total. The van der Waals surface area contributed by atoms with Gasteiger partial charge in [-0.25, -0.2) is 5.01 Å². The molecular formula is C13H21N3O3. The smallest absolute Gasteiger partial charge is 0.255 e. The van der Waals surface area contributed by atoms with Gasteiger partial charge in [0.1, 0.15) is 5.92 Å². The van der Waals surface area contributed by atoms with Crippen LogP contribution in [0.2, 0.25) is 0 Å². The summed E-state index contributed by atoms with van der Waals surface area (Å²) in [4.78, 5) is 26.1. The van der Waals surface area contributed by atoms with Crippen LogP contribution < -0.4 is 0 Å². The van der Waals surface area contributed by atoms with Gasteiger partial charge in [0.05, 0.1) is 13.2 Å². The average molecular weight is 267 g/mol. The van der Waals surface area contributed by atoms with E-state index in [4.69, 9.17) is 5.11 Å². The summed E-state index contributed by atoms with van der Waals surface area (Å²) in [5.41, 5.74) is 0.944. The Morgan fingerprint density at radius 3 is 2.84 bits per heavy atom. The van der Waals surface area contributed by atoms with Crippen LogP contribution in [0.15, 0.2) is 5.10 Å². The maximum absolute atomic E-state index is 12.4. The molecule has 0 aromatic heterocycles. The lowest BCUT2D eigenvalue weighted by Gasteiger charge is -2.38. The third-order valence-corrected chi connectivity index (χ3v) is 3.82. The molecule has 1 aliphatic heterocycles. The maximum atomic E-state index is 12.4. The second-order valence-corrected chi connectivity index (χ2v) is 5.34. The van der Waals surface area contributed by atoms with Crippen LogP contribution in [0.3, 0.4) is 0 Å². The highest BCUT2D eigenvalue weighted by molar-refractivity contribution is 6.07. The third-order valence-electron chi connectivity index (χ3n) is 3.82. The number of hydrazone groups is 1. The first-order valence-electron chi connectivity index (χ1n) is 6.77. The Labute approximate surface area is 113 Å². The van der Waals surface area contributed by atoms with Crippen LogP contribution in [0, 0.1) is 11.8 Å². The molecular weight excluding hydrogens is 246 g/mol. The maximum Gasteiger partial charge on any atom is 0.255 e. The van der Waals surface area contributed by atoms with Crippen molar-refractivity contribution in [2.75, 3.05) is 27.2 Å². The first-order chi connectivity index (χ1) is 9.06. The molecule has 0 spiro atoms. The van der Waals surface area contributed by atoms with Gasteiger partial charge in [-0.3, -0.25) is 9.59 Å². The number of aliphatic hydroxyl groups is 1. The minimum absolute atomic E-state index is 0.0499. The van der Waals surface area contributed by atoms with Crippen LogP contribution >= 0.6 is 0 Å². The van der Waals surface area contributed by atoms with Crippen molar-refractivity contribution in [3.63, 3.8) is 0 Å². The molecule has 2 aliphatic rings. The summed E-state index contributed by atoms with van der Waals surface area (Å²) in [5.74, 6) is -1.14. The van der Waals surface area contributed by atoms with E-state index in [0.29, 0.717) is 0 Å². The molecule has 0 bridgehead atoms. The number of rotatable bonds is 3. The number of fused-ring (bicyclic) bond motifs is 1. The molecule has 1 heterocycles. The van der Waals surface area contributed by atoms with E-state index in [1.54, 1.807) is 14.1 Å². The summed E-state index contributed by atoms with van der Waals surface area (Å²) in [6.07, 6.45) is 3.78. The Morgan fingerprint density at radius 1 is 1.47 bits per heavy atom. The number of carbonyl (C=O) groups excluding carboxylic acids is 2. The van der Waals surface area contributed by atoms with E-state index < -0.39 is 5.92 Å². The van der Waals surface area contributed by atoms with Gasteiger partial charge in [-0.2, -0.15) is 5.10 Å². The quantitative estimate of drug-likeness (QED) is 0.735. The van der Waals surface area contributed by atoms with Gasteiger partial charge in [-0.1, -0.05) is 6.42 Å². The Hall–Kier alpha value is -1.43. The van der Waals surface area contributed by atoms with Crippen molar-refractivity contribution in [2.24, 2.45) is 16.9 Å². The lowest BCUT2D eigenvalue weighted by Crippen LogP contribution is -2.52. The monoisotopic (exact) mass is 267 g/mol. The lowest BCUT2D eigenvalue weighted by molar-refractivity contribution is -0.149. The zero-order chi connectivity index (χ0) is 14.0. The highest BCUT2D eigenvalue weighted by Gasteiger charge is 2.44. The fraction of sp³-hybridized carbons (Fsp3) is 0.769. The zero-order valence-corrected chi connectivity index (χ0v) is 11.5. The molecule has 0 saturated heterocycles. The summed E-state index contributed by atoms with van der Waals surface area (Å²) in [7, 11) is 3.33. The summed E-state index contributed by atoms with van der Waals surface area (Å²) >= 11 is 0. The van der Waals surface area contributed by atoms with Crippen molar-refractivity contribution >= 4 is 17.5 Å². The van der Waals surface area contributed by atoms with Gasteiger partial charge in [0, 0.05) is 25.7 Å². The molecule has 0 radical (unpaired) electrons. The average Bonchev–Trinajstić information content (AvgIpc) is 2.39. The van der Waals surface area contributed by atoms with Crippen molar-refractivity contribution in [2.45, 2.75) is 25.7 Å². The second kappa shape index (κ2) is 5.69. The first-order valence-corrected chi connectivity index (χ1v) is 6.77. The third kappa shape index (κ3) is 2.63. The first kappa shape index (κ1) is 14.0. The molecule has 2 rings (SSSR count). The fourth-order valence-corrected chi connectivity index (χ4v) is 2.85. The van der Waals surface area contributed by atoms with Crippen LogP contribution in [0.25, 0.3) is 0 Å². The van der Waals surface area contributed by atoms with Gasteiger partial charge in [0.15, 0.2) is 0 Å². The van der Waals surface area contributed by atoms with E-state index >= 15 is 0 Å². The van der Waals surface area contributed by atoms with Crippen LogP contribution in [-0.2, 0) is 9.59 Å². The van der Waals surface area contributed by atoms with Gasteiger partial charge in [-0.05, 0) is 19.3 Å². The van der Waals surface area contributed by atoms with Crippen molar-refractivity contribution in [1.29, 1.82) is 0 Å². The number of nitrogens with zero attached hydrogens (tertiary/aromatic N) is 3. The SMILES string of the molecule is CN(C)C(=O)C1C(=O)N(CCO)N=C2CCCCC21. The number of aliphatic hydroxyl groups excluding tert-OH is 1. The van der Waals surface area contributed by atoms with Crippen molar-refractivity contribution in [1.82, 2.24) is 9.91 Å². The molecule has 6 heteroatoms. The van der Waals surface area contributed by atoms with Crippen molar-refractivity contribution in [3.8, 4) is 0 Å². The fourth-order valence-electron chi connectivity index (χ4n) is 2.85. The zero-order valence-electron chi connectivity index (χ0n) is 11.5. The molecule has 2 amide bonds. The lowest BCUT2D eigenvalue weighted by atomic mass is 9.76. The van der Waals surface area contributed by atoms with E-state index in [1.165, 1.54) is 9.91 Å². The van der Waals surface area contributed by atoms with Gasteiger partial charge in [-0.15, -0.1) is 0 Å². The van der Waals surface area contributed by atoms with Gasteiger partial charge < -0.3 is 10.0 Å². The summed E-state index contributed by atoms with van der Waals surface area (Å²) in [5, 5.41) is 14.6. The highest BCUT2D eigenvalue weighted by Crippen LogP contribution is 2.34. The molecule has 19 heavy (non-hydrogen) atoms. The number of β-amino-alcohol motifs (C(OH)–C–C–N with tert-alkyl or cyclic N) is 1. The second-order valence-electron chi connectivity index (χ2n) is 5.34. The van der Waals surface area contributed by atoms with Gasteiger partial charge in [0.2, 0.25) is 5.91 Å². The van der Waals surface area contributed by atoms with Crippen molar-refractivity contribution < 1.29 is 14.7 Å². The number of carbonyl (C=O) groups is 2. The summed E-state index contributed by atoms with van der Waals surface area (Å²) in [6.45, 7) is 0.0162. The minimum Gasteiger partial charge on any atom is -0.394 e. The Bertz CT molecular complexity index is 406. The normalized spacial score (nSPS) is 26.8. The molecule has 0 aromatic rings. The minimum atomic E-state index is -0.658. The molecule has 2 atom stereocenters. The number of amides is 2.